The lowest BCUT2D eigenvalue weighted by Crippen LogP contribution is -2.37. The van der Waals surface area contributed by atoms with Crippen LogP contribution in [-0.2, 0) is 35.6 Å². The summed E-state index contributed by atoms with van der Waals surface area (Å²) in [6.45, 7) is 0.310. The van der Waals surface area contributed by atoms with Gasteiger partial charge >= 0.3 is 5.97 Å². The van der Waals surface area contributed by atoms with Crippen molar-refractivity contribution in [3.8, 4) is 0 Å². The van der Waals surface area contributed by atoms with Crippen molar-refractivity contribution >= 4 is 33.5 Å². The van der Waals surface area contributed by atoms with E-state index in [1.807, 2.05) is 24.3 Å². The number of carbonyl (C=O) groups is 3. The zero-order valence-corrected chi connectivity index (χ0v) is 19.4. The van der Waals surface area contributed by atoms with Crippen molar-refractivity contribution in [2.45, 2.75) is 37.1 Å². The molecular formula is C23H27N3O6S. The predicted molar refractivity (Wildman–Crippen MR) is 122 cm³/mol. The van der Waals surface area contributed by atoms with Crippen LogP contribution in [0.5, 0.6) is 0 Å². The number of ether oxygens (including phenoxy) is 1. The fourth-order valence-electron chi connectivity index (χ4n) is 3.69. The molecule has 10 heteroatoms. The number of sulfonamides is 1. The second-order valence-corrected chi connectivity index (χ2v) is 9.88. The van der Waals surface area contributed by atoms with Crippen LogP contribution in [0.1, 0.15) is 36.9 Å². The summed E-state index contributed by atoms with van der Waals surface area (Å²) in [5, 5.41) is 5.43. The quantitative estimate of drug-likeness (QED) is 0.566. The molecule has 0 aromatic heterocycles. The van der Waals surface area contributed by atoms with Gasteiger partial charge < -0.3 is 15.4 Å². The van der Waals surface area contributed by atoms with E-state index in [0.717, 1.165) is 29.1 Å². The zero-order chi connectivity index (χ0) is 24.0. The first-order chi connectivity index (χ1) is 15.7. The SMILES string of the molecule is CC(=O)Nc1ccc(S(=O)(=O)N(C)CC(=O)OCC(=O)NC2CCCc3ccccc32)cc1. The molecule has 0 saturated heterocycles. The first-order valence-corrected chi connectivity index (χ1v) is 12.0. The van der Waals surface area contributed by atoms with Crippen LogP contribution in [-0.4, -0.2) is 50.7 Å². The van der Waals surface area contributed by atoms with Gasteiger partial charge in [0.15, 0.2) is 6.61 Å². The highest BCUT2D eigenvalue weighted by atomic mass is 32.2. The molecule has 176 valence electrons. The predicted octanol–water partition coefficient (Wildman–Crippen LogP) is 2.00. The van der Waals surface area contributed by atoms with Gasteiger partial charge in [-0.1, -0.05) is 24.3 Å². The summed E-state index contributed by atoms with van der Waals surface area (Å²) in [4.78, 5) is 35.5. The molecule has 1 aliphatic carbocycles. The molecule has 2 N–H and O–H groups in total. The molecule has 0 fully saturated rings. The van der Waals surface area contributed by atoms with Crippen LogP contribution in [0, 0.1) is 0 Å². The topological polar surface area (TPSA) is 122 Å². The van der Waals surface area contributed by atoms with Gasteiger partial charge in [0.2, 0.25) is 15.9 Å². The normalized spacial score (nSPS) is 15.4. The van der Waals surface area contributed by atoms with E-state index in [9.17, 15) is 22.8 Å². The fourth-order valence-corrected chi connectivity index (χ4v) is 4.81. The summed E-state index contributed by atoms with van der Waals surface area (Å²) in [7, 11) is -2.71. The highest BCUT2D eigenvalue weighted by Crippen LogP contribution is 2.29. The second-order valence-electron chi connectivity index (χ2n) is 7.84. The molecule has 0 bridgehead atoms. The van der Waals surface area contributed by atoms with Crippen LogP contribution in [0.2, 0.25) is 0 Å². The third kappa shape index (κ3) is 6.39. The molecular weight excluding hydrogens is 446 g/mol. The monoisotopic (exact) mass is 473 g/mol. The lowest BCUT2D eigenvalue weighted by Gasteiger charge is -2.26. The number of nitrogens with one attached hydrogen (secondary N) is 2. The number of rotatable bonds is 8. The van der Waals surface area contributed by atoms with Crippen LogP contribution >= 0.6 is 0 Å². The number of fused-ring (bicyclic) bond motifs is 1. The number of carbonyl (C=O) groups excluding carboxylic acids is 3. The number of hydrogen-bond acceptors (Lipinski definition) is 6. The molecule has 3 rings (SSSR count). The standard InChI is InChI=1S/C23H27N3O6S/c1-16(27)24-18-10-12-19(13-11-18)33(30,31)26(2)14-23(29)32-15-22(28)25-21-9-5-7-17-6-3-4-8-20(17)21/h3-4,6,8,10-13,21H,5,7,9,14-15H2,1-2H3,(H,24,27)(H,25,28). The third-order valence-electron chi connectivity index (χ3n) is 5.30. The number of benzene rings is 2. The van der Waals surface area contributed by atoms with Crippen molar-refractivity contribution in [1.82, 2.24) is 9.62 Å². The van der Waals surface area contributed by atoms with Crippen molar-refractivity contribution in [3.05, 3.63) is 59.7 Å². The number of amides is 2. The van der Waals surface area contributed by atoms with Crippen LogP contribution in [0.25, 0.3) is 0 Å². The van der Waals surface area contributed by atoms with Gasteiger partial charge in [-0.3, -0.25) is 14.4 Å². The van der Waals surface area contributed by atoms with E-state index in [0.29, 0.717) is 5.69 Å². The van der Waals surface area contributed by atoms with E-state index >= 15 is 0 Å². The molecule has 2 aromatic rings. The minimum Gasteiger partial charge on any atom is -0.455 e. The van der Waals surface area contributed by atoms with Gasteiger partial charge in [0, 0.05) is 19.7 Å². The summed E-state index contributed by atoms with van der Waals surface area (Å²) in [6.07, 6.45) is 2.73. The molecule has 2 amide bonds. The van der Waals surface area contributed by atoms with Gasteiger partial charge in [0.05, 0.1) is 10.9 Å². The molecule has 2 aromatic carbocycles. The van der Waals surface area contributed by atoms with Crippen LogP contribution in [0.15, 0.2) is 53.4 Å². The molecule has 1 unspecified atom stereocenters. The number of aryl methyl sites for hydroxylation is 1. The van der Waals surface area contributed by atoms with Gasteiger partial charge in [-0.15, -0.1) is 0 Å². The summed E-state index contributed by atoms with van der Waals surface area (Å²) >= 11 is 0. The molecule has 1 atom stereocenters. The van der Waals surface area contributed by atoms with Crippen molar-refractivity contribution < 1.29 is 27.5 Å². The Labute approximate surface area is 193 Å². The number of anilines is 1. The van der Waals surface area contributed by atoms with Gasteiger partial charge in [-0.25, -0.2) is 8.42 Å². The minimum atomic E-state index is -3.95. The van der Waals surface area contributed by atoms with Crippen molar-refractivity contribution in [2.24, 2.45) is 0 Å². The molecule has 0 saturated carbocycles. The Bertz CT molecular complexity index is 1130. The first-order valence-electron chi connectivity index (χ1n) is 10.5. The Morgan fingerprint density at radius 3 is 2.48 bits per heavy atom. The van der Waals surface area contributed by atoms with Crippen LogP contribution in [0.4, 0.5) is 5.69 Å². The fraction of sp³-hybridized carbons (Fsp3) is 0.348. The molecule has 0 heterocycles. The Morgan fingerprint density at radius 1 is 1.09 bits per heavy atom. The molecule has 1 aliphatic rings. The minimum absolute atomic E-state index is 0.0411. The maximum absolute atomic E-state index is 12.7. The van der Waals surface area contributed by atoms with E-state index in [1.165, 1.54) is 43.8 Å². The van der Waals surface area contributed by atoms with E-state index in [4.69, 9.17) is 4.74 Å². The van der Waals surface area contributed by atoms with Gasteiger partial charge in [0.25, 0.3) is 5.91 Å². The molecule has 0 aliphatic heterocycles. The number of hydrogen-bond donors (Lipinski definition) is 2. The van der Waals surface area contributed by atoms with E-state index in [-0.39, 0.29) is 16.8 Å². The summed E-state index contributed by atoms with van der Waals surface area (Å²) in [5.74, 6) is -1.55. The van der Waals surface area contributed by atoms with E-state index in [2.05, 4.69) is 10.6 Å². The first kappa shape index (κ1) is 24.4. The molecule has 9 nitrogen and oxygen atoms in total. The average molecular weight is 474 g/mol. The third-order valence-corrected chi connectivity index (χ3v) is 7.12. The number of nitrogens with zero attached hydrogens (tertiary/aromatic N) is 1. The van der Waals surface area contributed by atoms with E-state index < -0.39 is 35.1 Å². The Morgan fingerprint density at radius 2 is 1.79 bits per heavy atom. The Hall–Kier alpha value is -3.24. The highest BCUT2D eigenvalue weighted by molar-refractivity contribution is 7.89. The highest BCUT2D eigenvalue weighted by Gasteiger charge is 2.25. The Kier molecular flexibility index (Phi) is 7.83. The number of likely N-dealkylation sites (N-methyl/N-ethyl adjacent to an activating group) is 1. The summed E-state index contributed by atoms with van der Waals surface area (Å²) in [5.41, 5.74) is 2.72. The largest absolute Gasteiger partial charge is 0.455 e. The lowest BCUT2D eigenvalue weighted by atomic mass is 9.88. The van der Waals surface area contributed by atoms with Crippen LogP contribution < -0.4 is 10.6 Å². The molecule has 0 spiro atoms. The van der Waals surface area contributed by atoms with Gasteiger partial charge in [-0.05, 0) is 54.7 Å². The zero-order valence-electron chi connectivity index (χ0n) is 18.5. The molecule has 33 heavy (non-hydrogen) atoms. The summed E-state index contributed by atoms with van der Waals surface area (Å²) in [6, 6.07) is 13.3. The van der Waals surface area contributed by atoms with Gasteiger partial charge in [-0.2, -0.15) is 4.31 Å². The lowest BCUT2D eigenvalue weighted by molar-refractivity contribution is -0.148. The molecule has 0 radical (unpaired) electrons. The van der Waals surface area contributed by atoms with Crippen molar-refractivity contribution in [2.75, 3.05) is 25.5 Å². The maximum atomic E-state index is 12.7. The summed E-state index contributed by atoms with van der Waals surface area (Å²) < 4.78 is 31.2. The smallest absolute Gasteiger partial charge is 0.321 e. The van der Waals surface area contributed by atoms with E-state index in [1.54, 1.807) is 0 Å². The maximum Gasteiger partial charge on any atom is 0.321 e. The van der Waals surface area contributed by atoms with Crippen molar-refractivity contribution in [3.63, 3.8) is 0 Å². The average Bonchev–Trinajstić information content (AvgIpc) is 2.78. The van der Waals surface area contributed by atoms with Gasteiger partial charge in [0.1, 0.15) is 6.54 Å². The second kappa shape index (κ2) is 10.6. The number of esters is 1. The van der Waals surface area contributed by atoms with Crippen LogP contribution in [0.3, 0.4) is 0 Å². The van der Waals surface area contributed by atoms with Crippen molar-refractivity contribution in [1.29, 1.82) is 0 Å². The Balaban J connectivity index is 1.51.